The van der Waals surface area contributed by atoms with Crippen LogP contribution >= 0.6 is 0 Å². The molecule has 25 heavy (non-hydrogen) atoms. The highest BCUT2D eigenvalue weighted by Crippen LogP contribution is 2.36. The van der Waals surface area contributed by atoms with Crippen molar-refractivity contribution >= 4 is 5.91 Å². The van der Waals surface area contributed by atoms with E-state index in [-0.39, 0.29) is 11.4 Å². The van der Waals surface area contributed by atoms with Crippen LogP contribution in [0.2, 0.25) is 0 Å². The molecule has 0 bridgehead atoms. The summed E-state index contributed by atoms with van der Waals surface area (Å²) in [7, 11) is 3.91. The number of hydrogen-bond donors (Lipinski definition) is 0. The van der Waals surface area contributed by atoms with Crippen molar-refractivity contribution in [2.75, 3.05) is 26.7 Å². The van der Waals surface area contributed by atoms with E-state index in [0.29, 0.717) is 12.8 Å². The van der Waals surface area contributed by atoms with Crippen molar-refractivity contribution in [3.05, 3.63) is 12.2 Å². The number of rotatable bonds is 6. The first-order valence-electron chi connectivity index (χ1n) is 9.93. The Morgan fingerprint density at radius 1 is 1.16 bits per heavy atom. The standard InChI is InChI=1S/C19H33N5O/c1-22(18(25)10-9-17-21-20-16-23(17)2)15-19(11-5-3-6-12-19)24-13-7-4-8-14-24/h16H,3-15H2,1-2H3. The summed E-state index contributed by atoms with van der Waals surface area (Å²) < 4.78 is 1.89. The number of hydrogen-bond acceptors (Lipinski definition) is 4. The lowest BCUT2D eigenvalue weighted by atomic mass is 9.78. The normalized spacial score (nSPS) is 21.2. The lowest BCUT2D eigenvalue weighted by molar-refractivity contribution is -0.132. The highest BCUT2D eigenvalue weighted by atomic mass is 16.2. The van der Waals surface area contributed by atoms with Crippen molar-refractivity contribution in [3.8, 4) is 0 Å². The minimum Gasteiger partial charge on any atom is -0.344 e. The predicted octanol–water partition coefficient (Wildman–Crippen LogP) is 2.39. The van der Waals surface area contributed by atoms with Gasteiger partial charge in [-0.05, 0) is 38.8 Å². The SMILES string of the molecule is CN(CC1(N2CCCCC2)CCCCC1)C(=O)CCc1nncn1C. The van der Waals surface area contributed by atoms with E-state index in [1.54, 1.807) is 6.33 Å². The smallest absolute Gasteiger partial charge is 0.222 e. The summed E-state index contributed by atoms with van der Waals surface area (Å²) in [5.41, 5.74) is 0.216. The molecule has 3 rings (SSSR count). The molecule has 2 aliphatic rings. The zero-order chi connectivity index (χ0) is 17.7. The third-order valence-corrected chi connectivity index (χ3v) is 6.14. The molecule has 1 saturated carbocycles. The Bertz CT molecular complexity index is 558. The number of likely N-dealkylation sites (tertiary alicyclic amines) is 1. The minimum absolute atomic E-state index is 0.216. The molecule has 1 aliphatic carbocycles. The van der Waals surface area contributed by atoms with Crippen molar-refractivity contribution in [1.82, 2.24) is 24.6 Å². The molecular formula is C19H33N5O. The molecule has 0 N–H and O–H groups in total. The second-order valence-electron chi connectivity index (χ2n) is 7.94. The van der Waals surface area contributed by atoms with Gasteiger partial charge in [0.25, 0.3) is 0 Å². The Hall–Kier alpha value is -1.43. The van der Waals surface area contributed by atoms with Gasteiger partial charge in [-0.15, -0.1) is 10.2 Å². The number of carbonyl (C=O) groups excluding carboxylic acids is 1. The third-order valence-electron chi connectivity index (χ3n) is 6.14. The Morgan fingerprint density at radius 3 is 2.48 bits per heavy atom. The van der Waals surface area contributed by atoms with E-state index < -0.39 is 0 Å². The van der Waals surface area contributed by atoms with Crippen LogP contribution in [0.1, 0.15) is 63.6 Å². The molecule has 2 fully saturated rings. The fourth-order valence-electron chi connectivity index (χ4n) is 4.63. The van der Waals surface area contributed by atoms with Gasteiger partial charge in [0.1, 0.15) is 12.2 Å². The quantitative estimate of drug-likeness (QED) is 0.793. The number of aromatic nitrogens is 3. The van der Waals surface area contributed by atoms with E-state index in [1.165, 1.54) is 64.5 Å². The van der Waals surface area contributed by atoms with Crippen LogP contribution in [0.15, 0.2) is 6.33 Å². The molecule has 2 heterocycles. The molecule has 0 radical (unpaired) electrons. The number of aryl methyl sites for hydroxylation is 2. The maximum absolute atomic E-state index is 12.7. The van der Waals surface area contributed by atoms with Gasteiger partial charge in [0, 0.05) is 39.0 Å². The van der Waals surface area contributed by atoms with Gasteiger partial charge in [-0.2, -0.15) is 0 Å². The van der Waals surface area contributed by atoms with Gasteiger partial charge in [-0.25, -0.2) is 0 Å². The first-order valence-corrected chi connectivity index (χ1v) is 9.93. The minimum atomic E-state index is 0.216. The van der Waals surface area contributed by atoms with Crippen molar-refractivity contribution in [2.24, 2.45) is 7.05 Å². The van der Waals surface area contributed by atoms with Crippen LogP contribution in [0.5, 0.6) is 0 Å². The molecule has 6 heteroatoms. The Balaban J connectivity index is 1.60. The summed E-state index contributed by atoms with van der Waals surface area (Å²) in [6, 6.07) is 0. The van der Waals surface area contributed by atoms with Crippen LogP contribution in [0.25, 0.3) is 0 Å². The fourth-order valence-corrected chi connectivity index (χ4v) is 4.63. The predicted molar refractivity (Wildman–Crippen MR) is 98.2 cm³/mol. The zero-order valence-corrected chi connectivity index (χ0v) is 15.9. The maximum atomic E-state index is 12.7. The zero-order valence-electron chi connectivity index (χ0n) is 15.9. The summed E-state index contributed by atoms with van der Waals surface area (Å²) in [5, 5.41) is 7.98. The third kappa shape index (κ3) is 4.40. The van der Waals surface area contributed by atoms with E-state index in [1.807, 2.05) is 23.6 Å². The Morgan fingerprint density at radius 2 is 1.84 bits per heavy atom. The van der Waals surface area contributed by atoms with Gasteiger partial charge >= 0.3 is 0 Å². The van der Waals surface area contributed by atoms with Crippen LogP contribution < -0.4 is 0 Å². The molecule has 1 saturated heterocycles. The molecule has 1 aromatic heterocycles. The lowest BCUT2D eigenvalue weighted by Gasteiger charge is -2.50. The van der Waals surface area contributed by atoms with Crippen LogP contribution in [0, 0.1) is 0 Å². The van der Waals surface area contributed by atoms with Gasteiger partial charge in [-0.1, -0.05) is 25.7 Å². The molecule has 0 aromatic carbocycles. The maximum Gasteiger partial charge on any atom is 0.222 e. The average molecular weight is 348 g/mol. The van der Waals surface area contributed by atoms with Crippen LogP contribution in [-0.2, 0) is 18.3 Å². The second-order valence-corrected chi connectivity index (χ2v) is 7.94. The van der Waals surface area contributed by atoms with Gasteiger partial charge in [0.2, 0.25) is 5.91 Å². The van der Waals surface area contributed by atoms with Crippen LogP contribution in [-0.4, -0.2) is 62.7 Å². The number of carbonyl (C=O) groups is 1. The van der Waals surface area contributed by atoms with Crippen molar-refractivity contribution in [1.29, 1.82) is 0 Å². The van der Waals surface area contributed by atoms with Crippen molar-refractivity contribution in [2.45, 2.75) is 69.7 Å². The topological polar surface area (TPSA) is 54.3 Å². The molecule has 1 aliphatic heterocycles. The fraction of sp³-hybridized carbons (Fsp3) is 0.842. The first kappa shape index (κ1) is 18.4. The highest BCUT2D eigenvalue weighted by molar-refractivity contribution is 5.76. The molecule has 1 aromatic rings. The van der Waals surface area contributed by atoms with E-state index in [0.717, 1.165) is 12.4 Å². The highest BCUT2D eigenvalue weighted by Gasteiger charge is 2.39. The number of piperidine rings is 1. The molecule has 0 spiro atoms. The van der Waals surface area contributed by atoms with E-state index in [2.05, 4.69) is 15.1 Å². The Kier molecular flexibility index (Phi) is 6.10. The summed E-state index contributed by atoms with van der Waals surface area (Å²) in [4.78, 5) is 17.4. The van der Waals surface area contributed by atoms with Gasteiger partial charge in [0.15, 0.2) is 0 Å². The van der Waals surface area contributed by atoms with Crippen molar-refractivity contribution < 1.29 is 4.79 Å². The number of likely N-dealkylation sites (N-methyl/N-ethyl adjacent to an activating group) is 1. The molecular weight excluding hydrogens is 314 g/mol. The number of nitrogens with zero attached hydrogens (tertiary/aromatic N) is 5. The largest absolute Gasteiger partial charge is 0.344 e. The molecule has 0 unspecified atom stereocenters. The molecule has 1 amide bonds. The Labute approximate surface area is 151 Å². The van der Waals surface area contributed by atoms with Gasteiger partial charge in [0.05, 0.1) is 0 Å². The van der Waals surface area contributed by atoms with E-state index >= 15 is 0 Å². The average Bonchev–Trinajstić information content (AvgIpc) is 3.06. The molecule has 6 nitrogen and oxygen atoms in total. The lowest BCUT2D eigenvalue weighted by Crippen LogP contribution is -2.58. The van der Waals surface area contributed by atoms with E-state index in [9.17, 15) is 4.79 Å². The number of amides is 1. The van der Waals surface area contributed by atoms with E-state index in [4.69, 9.17) is 0 Å². The summed E-state index contributed by atoms with van der Waals surface area (Å²) >= 11 is 0. The second kappa shape index (κ2) is 8.30. The van der Waals surface area contributed by atoms with Gasteiger partial charge in [-0.3, -0.25) is 9.69 Å². The van der Waals surface area contributed by atoms with Crippen molar-refractivity contribution in [3.63, 3.8) is 0 Å². The summed E-state index contributed by atoms with van der Waals surface area (Å²) in [5.74, 6) is 1.11. The summed E-state index contributed by atoms with van der Waals surface area (Å²) in [6.45, 7) is 3.30. The summed E-state index contributed by atoms with van der Waals surface area (Å²) in [6.07, 6.45) is 13.3. The van der Waals surface area contributed by atoms with Crippen LogP contribution in [0.4, 0.5) is 0 Å². The molecule has 0 atom stereocenters. The molecule has 140 valence electrons. The monoisotopic (exact) mass is 347 g/mol. The first-order chi connectivity index (χ1) is 12.1. The van der Waals surface area contributed by atoms with Gasteiger partial charge < -0.3 is 9.47 Å². The van der Waals surface area contributed by atoms with Crippen LogP contribution in [0.3, 0.4) is 0 Å².